The minimum Gasteiger partial charge on any atom is -0.381 e. The highest BCUT2D eigenvalue weighted by Crippen LogP contribution is 2.63. The number of fused-ring (bicyclic) bond motifs is 2. The smallest absolute Gasteiger partial charge is 0.0404 e. The van der Waals surface area contributed by atoms with Crippen molar-refractivity contribution in [2.75, 3.05) is 5.32 Å². The number of anilines is 1. The first-order chi connectivity index (χ1) is 9.38. The molecule has 0 amide bonds. The Kier molecular flexibility index (Phi) is 3.15. The van der Waals surface area contributed by atoms with Gasteiger partial charge in [0.2, 0.25) is 0 Å². The van der Waals surface area contributed by atoms with E-state index in [1.54, 1.807) is 0 Å². The van der Waals surface area contributed by atoms with Gasteiger partial charge in [-0.05, 0) is 60.5 Å². The average Bonchev–Trinajstić information content (AvgIpc) is 2.87. The topological polar surface area (TPSA) is 12.0 Å². The quantitative estimate of drug-likeness (QED) is 0.798. The molecule has 0 aliphatic heterocycles. The highest BCUT2D eigenvalue weighted by Gasteiger charge is 2.59. The maximum atomic E-state index is 3.99. The number of aryl methyl sites for hydroxylation is 2. The number of hydrogen-bond donors (Lipinski definition) is 1. The molecule has 1 heteroatoms. The summed E-state index contributed by atoms with van der Waals surface area (Å²) in [5.74, 6) is 0.902. The summed E-state index contributed by atoms with van der Waals surface area (Å²) in [5, 5.41) is 3.99. The molecule has 2 bridgehead atoms. The fourth-order valence-corrected chi connectivity index (χ4v) is 5.04. The van der Waals surface area contributed by atoms with E-state index in [4.69, 9.17) is 0 Å². The molecule has 0 saturated heterocycles. The first-order valence-corrected chi connectivity index (χ1v) is 8.23. The van der Waals surface area contributed by atoms with Gasteiger partial charge in [0.25, 0.3) is 0 Å². The Morgan fingerprint density at radius 2 is 2.00 bits per heavy atom. The average molecular weight is 271 g/mol. The monoisotopic (exact) mass is 271 g/mol. The van der Waals surface area contributed by atoms with Crippen molar-refractivity contribution in [2.45, 2.75) is 66.3 Å². The van der Waals surface area contributed by atoms with Crippen LogP contribution < -0.4 is 5.32 Å². The molecule has 1 N–H and O–H groups in total. The lowest BCUT2D eigenvalue weighted by Gasteiger charge is -2.44. The Labute approximate surface area is 124 Å². The van der Waals surface area contributed by atoms with Crippen molar-refractivity contribution in [1.29, 1.82) is 0 Å². The van der Waals surface area contributed by atoms with Crippen LogP contribution in [0.5, 0.6) is 0 Å². The molecule has 0 aromatic heterocycles. The molecule has 2 aliphatic carbocycles. The fourth-order valence-electron chi connectivity index (χ4n) is 5.04. The van der Waals surface area contributed by atoms with Crippen molar-refractivity contribution in [3.63, 3.8) is 0 Å². The van der Waals surface area contributed by atoms with Crippen LogP contribution in [-0.4, -0.2) is 6.04 Å². The van der Waals surface area contributed by atoms with Crippen LogP contribution in [0.1, 0.15) is 58.1 Å². The van der Waals surface area contributed by atoms with Gasteiger partial charge < -0.3 is 5.32 Å². The zero-order valence-electron chi connectivity index (χ0n) is 13.7. The molecule has 110 valence electrons. The van der Waals surface area contributed by atoms with Crippen LogP contribution in [0.25, 0.3) is 0 Å². The van der Waals surface area contributed by atoms with Crippen LogP contribution >= 0.6 is 0 Å². The van der Waals surface area contributed by atoms with Gasteiger partial charge in [0.15, 0.2) is 0 Å². The summed E-state index contributed by atoms with van der Waals surface area (Å²) in [6.07, 6.45) is 5.34. The van der Waals surface area contributed by atoms with Crippen LogP contribution in [-0.2, 0) is 6.42 Å². The molecular formula is C19H29N. The van der Waals surface area contributed by atoms with E-state index in [2.05, 4.69) is 58.1 Å². The van der Waals surface area contributed by atoms with Crippen molar-refractivity contribution < 1.29 is 0 Å². The van der Waals surface area contributed by atoms with Gasteiger partial charge >= 0.3 is 0 Å². The van der Waals surface area contributed by atoms with E-state index >= 15 is 0 Å². The normalized spacial score (nSPS) is 34.5. The van der Waals surface area contributed by atoms with Crippen molar-refractivity contribution in [3.8, 4) is 0 Å². The Bertz CT molecular complexity index is 512. The van der Waals surface area contributed by atoms with E-state index in [1.807, 2.05) is 0 Å². The lowest BCUT2D eigenvalue weighted by molar-refractivity contribution is 0.155. The van der Waals surface area contributed by atoms with E-state index in [0.717, 1.165) is 12.3 Å². The summed E-state index contributed by atoms with van der Waals surface area (Å²) >= 11 is 0. The summed E-state index contributed by atoms with van der Waals surface area (Å²) in [7, 11) is 0. The summed E-state index contributed by atoms with van der Waals surface area (Å²) in [4.78, 5) is 0. The Hall–Kier alpha value is -0.980. The van der Waals surface area contributed by atoms with Crippen molar-refractivity contribution in [1.82, 2.24) is 0 Å². The summed E-state index contributed by atoms with van der Waals surface area (Å²) in [6.45, 7) is 12.0. The van der Waals surface area contributed by atoms with Crippen LogP contribution in [0.3, 0.4) is 0 Å². The molecule has 2 fully saturated rings. The SMILES string of the molecule is CCc1cccc(C)c1NC1C2(C)CCC(C2)C1(C)C. The van der Waals surface area contributed by atoms with Gasteiger partial charge in [-0.1, -0.05) is 45.9 Å². The minimum atomic E-state index is 0.417. The predicted molar refractivity (Wildman–Crippen MR) is 87.2 cm³/mol. The van der Waals surface area contributed by atoms with Gasteiger partial charge in [-0.3, -0.25) is 0 Å². The van der Waals surface area contributed by atoms with Crippen LogP contribution in [0.4, 0.5) is 5.69 Å². The first kappa shape index (κ1) is 14.0. The number of benzene rings is 1. The zero-order valence-corrected chi connectivity index (χ0v) is 13.7. The molecule has 3 atom stereocenters. The number of para-hydroxylation sites is 1. The summed E-state index contributed by atoms with van der Waals surface area (Å²) < 4.78 is 0. The summed E-state index contributed by atoms with van der Waals surface area (Å²) in [6, 6.07) is 7.31. The number of hydrogen-bond acceptors (Lipinski definition) is 1. The second-order valence-electron chi connectivity index (χ2n) is 7.96. The van der Waals surface area contributed by atoms with Crippen molar-refractivity contribution in [2.24, 2.45) is 16.7 Å². The molecule has 0 radical (unpaired) electrons. The number of nitrogens with one attached hydrogen (secondary N) is 1. The first-order valence-electron chi connectivity index (χ1n) is 8.23. The van der Waals surface area contributed by atoms with E-state index in [1.165, 1.54) is 36.1 Å². The van der Waals surface area contributed by atoms with Gasteiger partial charge in [-0.25, -0.2) is 0 Å². The maximum Gasteiger partial charge on any atom is 0.0404 e. The molecule has 0 spiro atoms. The van der Waals surface area contributed by atoms with Gasteiger partial charge in [0.1, 0.15) is 0 Å². The van der Waals surface area contributed by atoms with E-state index < -0.39 is 0 Å². The largest absolute Gasteiger partial charge is 0.381 e. The van der Waals surface area contributed by atoms with Crippen LogP contribution in [0.2, 0.25) is 0 Å². The van der Waals surface area contributed by atoms with Crippen LogP contribution in [0, 0.1) is 23.7 Å². The van der Waals surface area contributed by atoms with E-state index in [0.29, 0.717) is 16.9 Å². The maximum absolute atomic E-state index is 3.99. The second-order valence-corrected chi connectivity index (χ2v) is 7.96. The molecule has 1 aromatic carbocycles. The predicted octanol–water partition coefficient (Wildman–Crippen LogP) is 5.18. The highest BCUT2D eigenvalue weighted by molar-refractivity contribution is 5.58. The van der Waals surface area contributed by atoms with Gasteiger partial charge in [-0.15, -0.1) is 0 Å². The molecule has 3 rings (SSSR count). The second kappa shape index (κ2) is 4.51. The third kappa shape index (κ3) is 1.89. The molecule has 20 heavy (non-hydrogen) atoms. The molecule has 2 saturated carbocycles. The molecular weight excluding hydrogens is 242 g/mol. The Morgan fingerprint density at radius 3 is 2.60 bits per heavy atom. The van der Waals surface area contributed by atoms with Gasteiger partial charge in [-0.2, -0.15) is 0 Å². The lowest BCUT2D eigenvalue weighted by atomic mass is 9.68. The third-order valence-electron chi connectivity index (χ3n) is 6.30. The third-order valence-corrected chi connectivity index (χ3v) is 6.30. The van der Waals surface area contributed by atoms with Gasteiger partial charge in [0.05, 0.1) is 0 Å². The summed E-state index contributed by atoms with van der Waals surface area (Å²) in [5.41, 5.74) is 5.17. The minimum absolute atomic E-state index is 0.417. The highest BCUT2D eigenvalue weighted by atomic mass is 15.0. The van der Waals surface area contributed by atoms with Crippen molar-refractivity contribution >= 4 is 5.69 Å². The molecule has 1 aromatic rings. The van der Waals surface area contributed by atoms with E-state index in [9.17, 15) is 0 Å². The van der Waals surface area contributed by atoms with Gasteiger partial charge in [0, 0.05) is 11.7 Å². The van der Waals surface area contributed by atoms with E-state index in [-0.39, 0.29) is 0 Å². The molecule has 0 heterocycles. The Balaban J connectivity index is 1.96. The van der Waals surface area contributed by atoms with Crippen molar-refractivity contribution in [3.05, 3.63) is 29.3 Å². The Morgan fingerprint density at radius 1 is 1.25 bits per heavy atom. The number of rotatable bonds is 3. The molecule has 1 nitrogen and oxygen atoms in total. The standard InChI is InChI=1S/C19H29N/c1-6-14-9-7-8-13(2)16(14)20-17-18(3,4)15-10-11-19(17,5)12-15/h7-9,15,17,20H,6,10-12H2,1-5H3. The lowest BCUT2D eigenvalue weighted by Crippen LogP contribution is -2.46. The molecule has 3 unspecified atom stereocenters. The van der Waals surface area contributed by atoms with Crippen LogP contribution in [0.15, 0.2) is 18.2 Å². The molecule has 2 aliphatic rings. The zero-order chi connectivity index (χ0) is 14.5. The fraction of sp³-hybridized carbons (Fsp3) is 0.684.